The second-order valence-electron chi connectivity index (χ2n) is 4.70. The first-order chi connectivity index (χ1) is 8.70. The van der Waals surface area contributed by atoms with E-state index in [-0.39, 0.29) is 24.5 Å². The van der Waals surface area contributed by atoms with Crippen LogP contribution in [0, 0.1) is 5.92 Å². The number of hydrogen-bond acceptors (Lipinski definition) is 3. The van der Waals surface area contributed by atoms with Gasteiger partial charge in [0.15, 0.2) is 0 Å². The summed E-state index contributed by atoms with van der Waals surface area (Å²) >= 11 is 0. The van der Waals surface area contributed by atoms with Crippen molar-refractivity contribution < 1.29 is 9.90 Å². The molecular weight excluding hydrogens is 230 g/mol. The fourth-order valence-corrected chi connectivity index (χ4v) is 2.38. The summed E-state index contributed by atoms with van der Waals surface area (Å²) in [5.74, 6) is 0.0978. The molecule has 1 aromatic rings. The first kappa shape index (κ1) is 12.8. The third-order valence-corrected chi connectivity index (χ3v) is 3.49. The molecule has 0 aromatic carbocycles. The van der Waals surface area contributed by atoms with E-state index in [1.807, 2.05) is 13.1 Å². The molecule has 2 atom stereocenters. The summed E-state index contributed by atoms with van der Waals surface area (Å²) < 4.78 is 1.70. The molecule has 0 spiro atoms. The summed E-state index contributed by atoms with van der Waals surface area (Å²) in [7, 11) is 1.83. The molecule has 1 heterocycles. The highest BCUT2D eigenvalue weighted by Crippen LogP contribution is 2.24. The van der Waals surface area contributed by atoms with E-state index in [2.05, 4.69) is 10.4 Å². The van der Waals surface area contributed by atoms with Gasteiger partial charge in [-0.2, -0.15) is 5.10 Å². The van der Waals surface area contributed by atoms with Crippen LogP contribution in [0.1, 0.15) is 25.0 Å². The third kappa shape index (κ3) is 2.98. The molecule has 2 unspecified atom stereocenters. The molecule has 2 N–H and O–H groups in total. The number of hydrogen-bond donors (Lipinski definition) is 2. The zero-order chi connectivity index (χ0) is 13.0. The molecule has 1 amide bonds. The fraction of sp³-hybridized carbons (Fsp3) is 0.538. The molecule has 0 bridgehead atoms. The largest absolute Gasteiger partial charge is 0.396 e. The Morgan fingerprint density at radius 2 is 2.50 bits per heavy atom. The molecular formula is C13H19N3O2. The van der Waals surface area contributed by atoms with Gasteiger partial charge in [0.05, 0.1) is 5.69 Å². The highest BCUT2D eigenvalue weighted by molar-refractivity contribution is 5.91. The standard InChI is InChI=1S/C13H19N3O2/c1-16-11(7-8-14-16)5-6-13(18)15-12-4-2-3-10(12)9-17/h5-8,10,12,17H,2-4,9H2,1H3,(H,15,18)/b6-5+. The summed E-state index contributed by atoms with van der Waals surface area (Å²) in [5, 5.41) is 16.2. The van der Waals surface area contributed by atoms with Crippen LogP contribution in [-0.2, 0) is 11.8 Å². The van der Waals surface area contributed by atoms with E-state index in [0.29, 0.717) is 0 Å². The number of carbonyl (C=O) groups excluding carboxylic acids is 1. The van der Waals surface area contributed by atoms with Crippen molar-refractivity contribution in [3.8, 4) is 0 Å². The van der Waals surface area contributed by atoms with Gasteiger partial charge in [-0.05, 0) is 25.0 Å². The molecule has 2 rings (SSSR count). The van der Waals surface area contributed by atoms with Crippen LogP contribution in [-0.4, -0.2) is 33.4 Å². The fourth-order valence-electron chi connectivity index (χ4n) is 2.38. The van der Waals surface area contributed by atoms with E-state index in [1.54, 1.807) is 17.0 Å². The number of carbonyl (C=O) groups is 1. The van der Waals surface area contributed by atoms with Crippen molar-refractivity contribution in [1.29, 1.82) is 0 Å². The second-order valence-corrected chi connectivity index (χ2v) is 4.70. The van der Waals surface area contributed by atoms with Gasteiger partial charge in [-0.25, -0.2) is 0 Å². The number of amides is 1. The van der Waals surface area contributed by atoms with Gasteiger partial charge in [0.1, 0.15) is 0 Å². The number of aryl methyl sites for hydroxylation is 1. The molecule has 1 saturated carbocycles. The van der Waals surface area contributed by atoms with E-state index in [1.165, 1.54) is 6.08 Å². The molecule has 1 aliphatic carbocycles. The van der Waals surface area contributed by atoms with Crippen molar-refractivity contribution in [2.45, 2.75) is 25.3 Å². The lowest BCUT2D eigenvalue weighted by molar-refractivity contribution is -0.117. The SMILES string of the molecule is Cn1nccc1/C=C/C(=O)NC1CCCC1CO. The number of rotatable bonds is 4. The lowest BCUT2D eigenvalue weighted by atomic mass is 10.1. The van der Waals surface area contributed by atoms with E-state index in [0.717, 1.165) is 25.0 Å². The van der Waals surface area contributed by atoms with E-state index in [9.17, 15) is 9.90 Å². The van der Waals surface area contributed by atoms with Crippen LogP contribution in [0.2, 0.25) is 0 Å². The average molecular weight is 249 g/mol. The smallest absolute Gasteiger partial charge is 0.244 e. The van der Waals surface area contributed by atoms with Gasteiger partial charge in [-0.1, -0.05) is 6.42 Å². The summed E-state index contributed by atoms with van der Waals surface area (Å²) in [4.78, 5) is 11.8. The van der Waals surface area contributed by atoms with Crippen LogP contribution >= 0.6 is 0 Å². The first-order valence-electron chi connectivity index (χ1n) is 6.28. The van der Waals surface area contributed by atoms with Crippen LogP contribution in [0.15, 0.2) is 18.3 Å². The van der Waals surface area contributed by atoms with Crippen LogP contribution < -0.4 is 5.32 Å². The van der Waals surface area contributed by atoms with Crippen LogP contribution in [0.25, 0.3) is 6.08 Å². The lowest BCUT2D eigenvalue weighted by Gasteiger charge is -2.17. The Bertz CT molecular complexity index is 439. The third-order valence-electron chi connectivity index (χ3n) is 3.49. The van der Waals surface area contributed by atoms with E-state index >= 15 is 0 Å². The van der Waals surface area contributed by atoms with Gasteiger partial charge in [0.25, 0.3) is 0 Å². The average Bonchev–Trinajstić information content (AvgIpc) is 2.95. The maximum Gasteiger partial charge on any atom is 0.244 e. The molecule has 0 radical (unpaired) electrons. The Labute approximate surface area is 106 Å². The maximum atomic E-state index is 11.8. The number of aliphatic hydroxyl groups excluding tert-OH is 1. The Morgan fingerprint density at radius 3 is 3.17 bits per heavy atom. The van der Waals surface area contributed by atoms with Gasteiger partial charge in [0.2, 0.25) is 5.91 Å². The number of aliphatic hydroxyl groups is 1. The van der Waals surface area contributed by atoms with E-state index < -0.39 is 0 Å². The van der Waals surface area contributed by atoms with E-state index in [4.69, 9.17) is 0 Å². The van der Waals surface area contributed by atoms with Crippen LogP contribution in [0.5, 0.6) is 0 Å². The van der Waals surface area contributed by atoms with Gasteiger partial charge in [-0.15, -0.1) is 0 Å². The highest BCUT2D eigenvalue weighted by atomic mass is 16.3. The monoisotopic (exact) mass is 249 g/mol. The Morgan fingerprint density at radius 1 is 1.67 bits per heavy atom. The molecule has 1 aliphatic rings. The molecule has 0 saturated heterocycles. The molecule has 1 aromatic heterocycles. The Balaban J connectivity index is 1.89. The van der Waals surface area contributed by atoms with Crippen molar-refractivity contribution >= 4 is 12.0 Å². The molecule has 18 heavy (non-hydrogen) atoms. The molecule has 5 nitrogen and oxygen atoms in total. The molecule has 0 aliphatic heterocycles. The summed E-state index contributed by atoms with van der Waals surface area (Å²) in [5.41, 5.74) is 0.885. The van der Waals surface area contributed by atoms with Gasteiger partial charge >= 0.3 is 0 Å². The number of nitrogens with zero attached hydrogens (tertiary/aromatic N) is 2. The molecule has 5 heteroatoms. The predicted molar refractivity (Wildman–Crippen MR) is 68.6 cm³/mol. The Hall–Kier alpha value is -1.62. The normalized spacial score (nSPS) is 23.7. The van der Waals surface area contributed by atoms with Crippen molar-refractivity contribution in [2.24, 2.45) is 13.0 Å². The molecule has 1 fully saturated rings. The topological polar surface area (TPSA) is 67.2 Å². The van der Waals surface area contributed by atoms with Crippen molar-refractivity contribution in [1.82, 2.24) is 15.1 Å². The van der Waals surface area contributed by atoms with Gasteiger partial charge < -0.3 is 10.4 Å². The lowest BCUT2D eigenvalue weighted by Crippen LogP contribution is -2.37. The minimum absolute atomic E-state index is 0.110. The molecule has 98 valence electrons. The van der Waals surface area contributed by atoms with Crippen LogP contribution in [0.4, 0.5) is 0 Å². The van der Waals surface area contributed by atoms with Crippen molar-refractivity contribution in [2.75, 3.05) is 6.61 Å². The second kappa shape index (κ2) is 5.82. The minimum atomic E-state index is -0.110. The quantitative estimate of drug-likeness (QED) is 0.772. The van der Waals surface area contributed by atoms with Gasteiger partial charge in [-0.3, -0.25) is 9.48 Å². The highest BCUT2D eigenvalue weighted by Gasteiger charge is 2.27. The summed E-state index contributed by atoms with van der Waals surface area (Å²) in [6, 6.07) is 1.95. The Kier molecular flexibility index (Phi) is 4.15. The predicted octanol–water partition coefficient (Wildman–Crippen LogP) is 0.710. The summed E-state index contributed by atoms with van der Waals surface area (Å²) in [6.45, 7) is 0.149. The van der Waals surface area contributed by atoms with Crippen molar-refractivity contribution in [3.05, 3.63) is 24.0 Å². The first-order valence-corrected chi connectivity index (χ1v) is 6.28. The minimum Gasteiger partial charge on any atom is -0.396 e. The zero-order valence-electron chi connectivity index (χ0n) is 10.5. The van der Waals surface area contributed by atoms with Crippen molar-refractivity contribution in [3.63, 3.8) is 0 Å². The zero-order valence-corrected chi connectivity index (χ0v) is 10.5. The van der Waals surface area contributed by atoms with Crippen LogP contribution in [0.3, 0.4) is 0 Å². The summed E-state index contributed by atoms with van der Waals surface area (Å²) in [6.07, 6.45) is 7.97. The van der Waals surface area contributed by atoms with Gasteiger partial charge in [0, 0.05) is 37.9 Å². The number of aromatic nitrogens is 2. The maximum absolute atomic E-state index is 11.8. The number of nitrogens with one attached hydrogen (secondary N) is 1.